The number of hydrogen-bond donors (Lipinski definition) is 0. The molecule has 0 aliphatic heterocycles. The summed E-state index contributed by atoms with van der Waals surface area (Å²) in [6, 6.07) is 0. The molecule has 0 aliphatic rings. The third-order valence-corrected chi connectivity index (χ3v) is 4.21. The maximum atomic E-state index is 11.5. The number of hydrogen-bond acceptors (Lipinski definition) is 2. The van der Waals surface area contributed by atoms with Crippen molar-refractivity contribution < 1.29 is 9.53 Å². The Kier molecular flexibility index (Phi) is 14.6. The number of ether oxygens (including phenoxy) is 1. The molecule has 0 aromatic carbocycles. The van der Waals surface area contributed by atoms with Crippen LogP contribution in [0, 0.1) is 0 Å². The van der Waals surface area contributed by atoms with Crippen molar-refractivity contribution in [1.29, 1.82) is 0 Å². The summed E-state index contributed by atoms with van der Waals surface area (Å²) >= 11 is 0. The highest BCUT2D eigenvalue weighted by Gasteiger charge is 2.12. The van der Waals surface area contributed by atoms with E-state index >= 15 is 0 Å². The molecule has 0 spiro atoms. The highest BCUT2D eigenvalue weighted by atomic mass is 16.5. The Morgan fingerprint density at radius 3 is 1.73 bits per heavy atom. The third kappa shape index (κ3) is 12.9. The lowest BCUT2D eigenvalue weighted by Crippen LogP contribution is -2.17. The number of rotatable bonds is 15. The molecular formula is C20H38O2. The molecule has 0 saturated carbocycles. The zero-order valence-corrected chi connectivity index (χ0v) is 15.3. The molecule has 0 heterocycles. The monoisotopic (exact) mass is 310 g/mol. The Bertz CT molecular complexity index is 283. The van der Waals surface area contributed by atoms with Crippen LogP contribution < -0.4 is 0 Å². The van der Waals surface area contributed by atoms with Gasteiger partial charge >= 0.3 is 5.97 Å². The molecule has 0 saturated heterocycles. The number of unbranched alkanes of at least 4 members (excludes halogenated alkanes) is 10. The van der Waals surface area contributed by atoms with Crippen molar-refractivity contribution in [2.75, 3.05) is 0 Å². The quantitative estimate of drug-likeness (QED) is 0.194. The van der Waals surface area contributed by atoms with Crippen molar-refractivity contribution in [2.24, 2.45) is 0 Å². The lowest BCUT2D eigenvalue weighted by atomic mass is 10.0. The molecule has 130 valence electrons. The van der Waals surface area contributed by atoms with Crippen LogP contribution in [-0.4, -0.2) is 12.1 Å². The molecule has 1 atom stereocenters. The van der Waals surface area contributed by atoms with E-state index < -0.39 is 0 Å². The molecular weight excluding hydrogens is 272 g/mol. The fourth-order valence-corrected chi connectivity index (χ4v) is 2.63. The van der Waals surface area contributed by atoms with Gasteiger partial charge in [0.25, 0.3) is 0 Å². The van der Waals surface area contributed by atoms with E-state index in [0.29, 0.717) is 5.57 Å². The Morgan fingerprint density at radius 2 is 1.32 bits per heavy atom. The Hall–Kier alpha value is -0.790. The molecule has 22 heavy (non-hydrogen) atoms. The maximum Gasteiger partial charge on any atom is 0.333 e. The largest absolute Gasteiger partial charge is 0.459 e. The molecule has 2 heteroatoms. The van der Waals surface area contributed by atoms with Gasteiger partial charge in [0.1, 0.15) is 6.10 Å². The fraction of sp³-hybridized carbons (Fsp3) is 0.850. The van der Waals surface area contributed by atoms with Crippen molar-refractivity contribution in [3.05, 3.63) is 12.2 Å². The van der Waals surface area contributed by atoms with E-state index in [1.165, 1.54) is 70.6 Å². The maximum absolute atomic E-state index is 11.5. The first-order chi connectivity index (χ1) is 10.6. The van der Waals surface area contributed by atoms with Crippen LogP contribution in [0.15, 0.2) is 12.2 Å². The zero-order valence-electron chi connectivity index (χ0n) is 15.3. The first-order valence-electron chi connectivity index (χ1n) is 9.48. The fourth-order valence-electron chi connectivity index (χ4n) is 2.63. The summed E-state index contributed by atoms with van der Waals surface area (Å²) in [4.78, 5) is 11.5. The Labute approximate surface area is 138 Å². The second-order valence-electron chi connectivity index (χ2n) is 6.54. The second kappa shape index (κ2) is 15.1. The van der Waals surface area contributed by atoms with Crippen LogP contribution in [0.1, 0.15) is 104 Å². The minimum absolute atomic E-state index is 0.0720. The average molecular weight is 311 g/mol. The lowest BCUT2D eigenvalue weighted by Gasteiger charge is -2.16. The van der Waals surface area contributed by atoms with Crippen LogP contribution in [0.4, 0.5) is 0 Å². The van der Waals surface area contributed by atoms with Gasteiger partial charge in [-0.1, -0.05) is 84.6 Å². The van der Waals surface area contributed by atoms with Crippen LogP contribution in [0.5, 0.6) is 0 Å². The topological polar surface area (TPSA) is 26.3 Å². The van der Waals surface area contributed by atoms with Crippen LogP contribution in [-0.2, 0) is 9.53 Å². The summed E-state index contributed by atoms with van der Waals surface area (Å²) in [5.74, 6) is -0.241. The van der Waals surface area contributed by atoms with Gasteiger partial charge in [-0.2, -0.15) is 0 Å². The Balaban J connectivity index is 3.40. The molecule has 0 aromatic rings. The second-order valence-corrected chi connectivity index (χ2v) is 6.54. The molecule has 2 nitrogen and oxygen atoms in total. The predicted octanol–water partition coefficient (Wildman–Crippen LogP) is 6.59. The molecule has 1 unspecified atom stereocenters. The van der Waals surface area contributed by atoms with Crippen LogP contribution >= 0.6 is 0 Å². The zero-order chi connectivity index (χ0) is 16.6. The van der Waals surface area contributed by atoms with Crippen molar-refractivity contribution in [1.82, 2.24) is 0 Å². The van der Waals surface area contributed by atoms with Gasteiger partial charge in [0.05, 0.1) is 0 Å². The third-order valence-electron chi connectivity index (χ3n) is 4.21. The number of carbonyl (C=O) groups is 1. The van der Waals surface area contributed by atoms with E-state index in [0.717, 1.165) is 12.8 Å². The molecule has 0 radical (unpaired) electrons. The van der Waals surface area contributed by atoms with Gasteiger partial charge in [0.2, 0.25) is 0 Å². The van der Waals surface area contributed by atoms with E-state index in [1.54, 1.807) is 6.92 Å². The summed E-state index contributed by atoms with van der Waals surface area (Å²) in [7, 11) is 0. The SMILES string of the molecule is C=C(C)C(=O)OC(CC)CCCCCCCCCCCCC. The highest BCUT2D eigenvalue weighted by molar-refractivity contribution is 5.87. The van der Waals surface area contributed by atoms with Crippen LogP contribution in [0.25, 0.3) is 0 Å². The smallest absolute Gasteiger partial charge is 0.333 e. The van der Waals surface area contributed by atoms with Crippen molar-refractivity contribution in [3.8, 4) is 0 Å². The molecule has 0 aromatic heterocycles. The van der Waals surface area contributed by atoms with E-state index in [9.17, 15) is 4.79 Å². The van der Waals surface area contributed by atoms with Gasteiger partial charge in [0, 0.05) is 5.57 Å². The van der Waals surface area contributed by atoms with Gasteiger partial charge in [-0.25, -0.2) is 4.79 Å². The van der Waals surface area contributed by atoms with E-state index in [2.05, 4.69) is 20.4 Å². The first-order valence-corrected chi connectivity index (χ1v) is 9.48. The summed E-state index contributed by atoms with van der Waals surface area (Å²) in [5, 5.41) is 0. The molecule has 0 N–H and O–H groups in total. The minimum atomic E-state index is -0.241. The molecule has 0 amide bonds. The van der Waals surface area contributed by atoms with E-state index in [4.69, 9.17) is 4.74 Å². The Morgan fingerprint density at radius 1 is 0.864 bits per heavy atom. The van der Waals surface area contributed by atoms with Crippen molar-refractivity contribution >= 4 is 5.97 Å². The molecule has 0 aliphatic carbocycles. The summed E-state index contributed by atoms with van der Waals surface area (Å²) in [6.07, 6.45) is 16.8. The number of carbonyl (C=O) groups excluding carboxylic acids is 1. The highest BCUT2D eigenvalue weighted by Crippen LogP contribution is 2.15. The summed E-state index contributed by atoms with van der Waals surface area (Å²) in [6.45, 7) is 9.68. The molecule has 0 rings (SSSR count). The average Bonchev–Trinajstić information content (AvgIpc) is 2.51. The van der Waals surface area contributed by atoms with E-state index in [1.807, 2.05) is 0 Å². The first kappa shape index (κ1) is 21.2. The van der Waals surface area contributed by atoms with Crippen LogP contribution in [0.2, 0.25) is 0 Å². The van der Waals surface area contributed by atoms with Crippen LogP contribution in [0.3, 0.4) is 0 Å². The normalized spacial score (nSPS) is 12.1. The van der Waals surface area contributed by atoms with Crippen molar-refractivity contribution in [3.63, 3.8) is 0 Å². The molecule has 0 bridgehead atoms. The van der Waals surface area contributed by atoms with Crippen molar-refractivity contribution in [2.45, 2.75) is 110 Å². The van der Waals surface area contributed by atoms with Gasteiger partial charge < -0.3 is 4.74 Å². The predicted molar refractivity (Wildman–Crippen MR) is 96.1 cm³/mol. The van der Waals surface area contributed by atoms with Gasteiger partial charge in [-0.3, -0.25) is 0 Å². The van der Waals surface area contributed by atoms with Gasteiger partial charge in [-0.05, 0) is 26.2 Å². The number of esters is 1. The minimum Gasteiger partial charge on any atom is -0.459 e. The standard InChI is InChI=1S/C20H38O2/c1-5-7-8-9-10-11-12-13-14-15-16-17-19(6-2)22-20(21)18(3)4/h19H,3,5-17H2,1-2,4H3. The summed E-state index contributed by atoms with van der Waals surface area (Å²) < 4.78 is 5.41. The van der Waals surface area contributed by atoms with Gasteiger partial charge in [-0.15, -0.1) is 0 Å². The van der Waals surface area contributed by atoms with Gasteiger partial charge in [0.15, 0.2) is 0 Å². The molecule has 0 fully saturated rings. The van der Waals surface area contributed by atoms with E-state index in [-0.39, 0.29) is 12.1 Å². The summed E-state index contributed by atoms with van der Waals surface area (Å²) in [5.41, 5.74) is 0.498. The lowest BCUT2D eigenvalue weighted by molar-refractivity contribution is -0.144.